The van der Waals surface area contributed by atoms with Crippen LogP contribution in [0, 0.1) is 0 Å². The van der Waals surface area contributed by atoms with Gasteiger partial charge in [-0.3, -0.25) is 9.59 Å². The van der Waals surface area contributed by atoms with Gasteiger partial charge in [0.25, 0.3) is 0 Å². The lowest BCUT2D eigenvalue weighted by Gasteiger charge is -2.35. The van der Waals surface area contributed by atoms with E-state index in [0.717, 1.165) is 51.4 Å². The van der Waals surface area contributed by atoms with Crippen LogP contribution >= 0.6 is 0 Å². The molecule has 2 aliphatic heterocycles. The first-order valence-corrected chi connectivity index (χ1v) is 19.8. The Morgan fingerprint density at radius 2 is 0.964 bits per heavy atom. The molecule has 0 bridgehead atoms. The standard InChI is InChI=1S/C40H56N10O6/c1-55-33-23-30-32(24-34(33)56-2)44-40(46-38(30)42)50-19-15-48(16-20-50)36(54)12-10-8-6-4-3-5-7-9-11-35(53)47-13-17-49(18-14-47)39-43-31-22-28(26-52)27(25-51)21-29(31)37(41)45-39/h21-24,51-52H,3-20,25-26H2,1-2H3,(H2,41,43,45)(H2,42,44,46). The molecule has 0 aliphatic carbocycles. The van der Waals surface area contributed by atoms with E-state index in [1.165, 1.54) is 0 Å². The Morgan fingerprint density at radius 1 is 0.571 bits per heavy atom. The van der Waals surface area contributed by atoms with Crippen LogP contribution in [-0.4, -0.2) is 118 Å². The number of carbonyl (C=O) groups excluding carboxylic acids is 2. The number of aliphatic hydroxyl groups excluding tert-OH is 2. The van der Waals surface area contributed by atoms with Crippen LogP contribution in [0.1, 0.15) is 75.3 Å². The van der Waals surface area contributed by atoms with E-state index >= 15 is 0 Å². The highest BCUT2D eigenvalue weighted by Crippen LogP contribution is 2.34. The Labute approximate surface area is 327 Å². The van der Waals surface area contributed by atoms with Gasteiger partial charge < -0.3 is 50.8 Å². The quantitative estimate of drug-likeness (QED) is 0.113. The Kier molecular flexibility index (Phi) is 13.8. The van der Waals surface area contributed by atoms with Gasteiger partial charge in [0.15, 0.2) is 11.5 Å². The summed E-state index contributed by atoms with van der Waals surface area (Å²) in [5, 5.41) is 20.6. The number of benzene rings is 2. The van der Waals surface area contributed by atoms with Gasteiger partial charge in [0.1, 0.15) is 11.6 Å². The lowest BCUT2D eigenvalue weighted by atomic mass is 10.1. The number of hydrogen-bond acceptors (Lipinski definition) is 14. The minimum Gasteiger partial charge on any atom is -0.493 e. The van der Waals surface area contributed by atoms with Crippen LogP contribution in [0.2, 0.25) is 0 Å². The monoisotopic (exact) mass is 772 g/mol. The molecule has 2 fully saturated rings. The van der Waals surface area contributed by atoms with Gasteiger partial charge in [0.05, 0.1) is 38.5 Å². The molecule has 2 saturated heterocycles. The minimum absolute atomic E-state index is 0.188. The number of methoxy groups -OCH3 is 2. The van der Waals surface area contributed by atoms with E-state index < -0.39 is 0 Å². The summed E-state index contributed by atoms with van der Waals surface area (Å²) >= 11 is 0. The van der Waals surface area contributed by atoms with E-state index in [9.17, 15) is 19.8 Å². The maximum absolute atomic E-state index is 12.9. The maximum Gasteiger partial charge on any atom is 0.228 e. The molecule has 0 radical (unpaired) electrons. The molecule has 0 atom stereocenters. The van der Waals surface area contributed by atoms with Crippen LogP contribution in [0.4, 0.5) is 23.5 Å². The molecule has 0 unspecified atom stereocenters. The summed E-state index contributed by atoms with van der Waals surface area (Å²) < 4.78 is 10.8. The van der Waals surface area contributed by atoms with E-state index in [-0.39, 0.29) is 25.0 Å². The van der Waals surface area contributed by atoms with Crippen molar-refractivity contribution in [1.29, 1.82) is 0 Å². The fourth-order valence-electron chi connectivity index (χ4n) is 7.56. The third kappa shape index (κ3) is 9.59. The molecule has 4 aromatic rings. The topological polar surface area (TPSA) is 210 Å². The van der Waals surface area contributed by atoms with Crippen LogP contribution in [0.25, 0.3) is 21.8 Å². The van der Waals surface area contributed by atoms with E-state index in [1.807, 2.05) is 14.7 Å². The first kappa shape index (κ1) is 40.4. The zero-order valence-electron chi connectivity index (χ0n) is 32.7. The van der Waals surface area contributed by atoms with Gasteiger partial charge in [-0.15, -0.1) is 0 Å². The summed E-state index contributed by atoms with van der Waals surface area (Å²) in [6.45, 7) is 4.58. The number of fused-ring (bicyclic) bond motifs is 2. The molecule has 2 aromatic heterocycles. The smallest absolute Gasteiger partial charge is 0.228 e. The number of ether oxygens (including phenoxy) is 2. The Hall–Kier alpha value is -5.22. The molecule has 4 heterocycles. The molecule has 0 spiro atoms. The number of aromatic nitrogens is 4. The molecule has 6 rings (SSSR count). The van der Waals surface area contributed by atoms with Crippen LogP contribution in [0.15, 0.2) is 24.3 Å². The molecule has 2 amide bonds. The molecule has 2 aliphatic rings. The lowest BCUT2D eigenvalue weighted by Crippen LogP contribution is -2.49. The van der Waals surface area contributed by atoms with Gasteiger partial charge >= 0.3 is 0 Å². The molecule has 2 aromatic carbocycles. The zero-order valence-corrected chi connectivity index (χ0v) is 32.7. The van der Waals surface area contributed by atoms with Crippen molar-refractivity contribution in [1.82, 2.24) is 29.7 Å². The second-order valence-corrected chi connectivity index (χ2v) is 14.6. The molecule has 0 saturated carbocycles. The summed E-state index contributed by atoms with van der Waals surface area (Å²) in [5.41, 5.74) is 15.0. The molecule has 16 heteroatoms. The molecular weight excluding hydrogens is 717 g/mol. The van der Waals surface area contributed by atoms with Crippen molar-refractivity contribution < 1.29 is 29.3 Å². The van der Waals surface area contributed by atoms with Gasteiger partial charge in [-0.2, -0.15) is 9.97 Å². The number of unbranched alkanes of at least 4 members (excludes halogenated alkanes) is 7. The number of anilines is 4. The van der Waals surface area contributed by atoms with Gasteiger partial charge in [-0.25, -0.2) is 9.97 Å². The van der Waals surface area contributed by atoms with Crippen LogP contribution in [0.3, 0.4) is 0 Å². The molecular formula is C40H56N10O6. The van der Waals surface area contributed by atoms with Crippen LogP contribution in [-0.2, 0) is 22.8 Å². The van der Waals surface area contributed by atoms with Crippen molar-refractivity contribution in [3.05, 3.63) is 35.4 Å². The number of amides is 2. The van der Waals surface area contributed by atoms with Crippen LogP contribution in [0.5, 0.6) is 11.5 Å². The summed E-state index contributed by atoms with van der Waals surface area (Å²) in [5.74, 6) is 3.30. The van der Waals surface area contributed by atoms with Gasteiger partial charge in [0, 0.05) is 82.0 Å². The van der Waals surface area contributed by atoms with Crippen molar-refractivity contribution in [2.75, 3.05) is 87.8 Å². The molecule has 56 heavy (non-hydrogen) atoms. The van der Waals surface area contributed by atoms with E-state index in [2.05, 4.69) is 19.9 Å². The van der Waals surface area contributed by atoms with Gasteiger partial charge in [-0.1, -0.05) is 38.5 Å². The van der Waals surface area contributed by atoms with E-state index in [0.29, 0.717) is 133 Å². The number of nitrogen functional groups attached to an aromatic ring is 2. The summed E-state index contributed by atoms with van der Waals surface area (Å²) in [6.07, 6.45) is 9.48. The lowest BCUT2D eigenvalue weighted by molar-refractivity contribution is -0.132. The number of hydrogen-bond donors (Lipinski definition) is 4. The third-order valence-corrected chi connectivity index (χ3v) is 11.0. The summed E-state index contributed by atoms with van der Waals surface area (Å²) in [7, 11) is 3.16. The second-order valence-electron chi connectivity index (χ2n) is 14.6. The van der Waals surface area contributed by atoms with Crippen molar-refractivity contribution in [3.8, 4) is 11.5 Å². The highest BCUT2D eigenvalue weighted by molar-refractivity contribution is 5.92. The van der Waals surface area contributed by atoms with Crippen molar-refractivity contribution in [3.63, 3.8) is 0 Å². The van der Waals surface area contributed by atoms with E-state index in [4.69, 9.17) is 25.9 Å². The second kappa shape index (κ2) is 19.1. The Bertz CT molecular complexity index is 1840. The number of piperazine rings is 2. The predicted molar refractivity (Wildman–Crippen MR) is 217 cm³/mol. The van der Waals surface area contributed by atoms with Crippen molar-refractivity contribution >= 4 is 57.2 Å². The normalized spacial score (nSPS) is 14.9. The maximum atomic E-state index is 12.9. The van der Waals surface area contributed by atoms with Gasteiger partial charge in [-0.05, 0) is 42.2 Å². The van der Waals surface area contributed by atoms with Crippen molar-refractivity contribution in [2.45, 2.75) is 77.4 Å². The highest BCUT2D eigenvalue weighted by Gasteiger charge is 2.25. The number of nitrogens with zero attached hydrogens (tertiary/aromatic N) is 8. The average Bonchev–Trinajstić information content (AvgIpc) is 3.23. The number of rotatable bonds is 17. The first-order valence-electron chi connectivity index (χ1n) is 19.8. The fourth-order valence-corrected chi connectivity index (χ4v) is 7.56. The number of nitrogens with two attached hydrogens (primary N) is 2. The fraction of sp³-hybridized carbons (Fsp3) is 0.550. The molecule has 6 N–H and O–H groups in total. The average molecular weight is 773 g/mol. The summed E-state index contributed by atoms with van der Waals surface area (Å²) in [6, 6.07) is 7.06. The molecule has 302 valence electrons. The first-order chi connectivity index (χ1) is 27.2. The van der Waals surface area contributed by atoms with E-state index in [1.54, 1.807) is 38.5 Å². The SMILES string of the molecule is COc1cc2nc(N3CCN(C(=O)CCCCCCCCCCC(=O)N4CCN(c5nc(N)c6cc(CO)c(CO)cc6n5)CC4)CC3)nc(N)c2cc1OC. The number of carbonyl (C=O) groups is 2. The van der Waals surface area contributed by atoms with Crippen LogP contribution < -0.4 is 30.7 Å². The third-order valence-electron chi connectivity index (χ3n) is 11.0. The predicted octanol–water partition coefficient (Wildman–Crippen LogP) is 3.64. The van der Waals surface area contributed by atoms with Crippen molar-refractivity contribution in [2.24, 2.45) is 0 Å². The minimum atomic E-state index is -0.202. The zero-order chi connectivity index (χ0) is 39.6. The highest BCUT2D eigenvalue weighted by atomic mass is 16.5. The Balaban J connectivity index is 0.810. The van der Waals surface area contributed by atoms with Gasteiger partial charge in [0.2, 0.25) is 23.7 Å². The largest absolute Gasteiger partial charge is 0.493 e. The summed E-state index contributed by atoms with van der Waals surface area (Å²) in [4.78, 5) is 52.2. The number of aliphatic hydroxyl groups is 2. The molecule has 16 nitrogen and oxygen atoms in total. The Morgan fingerprint density at radius 3 is 1.41 bits per heavy atom.